The summed E-state index contributed by atoms with van der Waals surface area (Å²) >= 11 is 6.97. The molecule has 0 aliphatic rings. The van der Waals surface area contributed by atoms with Crippen molar-refractivity contribution in [3.8, 4) is 0 Å². The van der Waals surface area contributed by atoms with Gasteiger partial charge in [-0.2, -0.15) is 0 Å². The molecule has 0 saturated heterocycles. The van der Waals surface area contributed by atoms with Gasteiger partial charge in [-0.25, -0.2) is 0 Å². The molecule has 0 aliphatic carbocycles. The molecule has 0 bridgehead atoms. The second kappa shape index (κ2) is 3.93. The molecule has 0 fully saturated rings. The Labute approximate surface area is 74.6 Å². The van der Waals surface area contributed by atoms with Crippen molar-refractivity contribution in [3.63, 3.8) is 0 Å². The highest BCUT2D eigenvalue weighted by atomic mass is 35.5. The number of aryl methyl sites for hydroxylation is 1. The molecule has 1 aromatic heterocycles. The minimum atomic E-state index is -0.0508. The van der Waals surface area contributed by atoms with Gasteiger partial charge < -0.3 is 0 Å². The quantitative estimate of drug-likeness (QED) is 0.719. The van der Waals surface area contributed by atoms with E-state index in [1.54, 1.807) is 9.34 Å². The van der Waals surface area contributed by atoms with Crippen LogP contribution in [0.3, 0.4) is 0 Å². The third kappa shape index (κ3) is 2.07. The van der Waals surface area contributed by atoms with Crippen molar-refractivity contribution in [2.45, 2.75) is 26.3 Å². The highest BCUT2D eigenvalue weighted by molar-refractivity contribution is 7.04. The maximum atomic E-state index is 11.1. The van der Waals surface area contributed by atoms with E-state index < -0.39 is 0 Å². The molecule has 4 heteroatoms. The first-order valence-corrected chi connectivity index (χ1v) is 4.81. The smallest absolute Gasteiger partial charge is 0.267 e. The molecule has 62 valence electrons. The molecule has 1 aromatic rings. The van der Waals surface area contributed by atoms with Crippen molar-refractivity contribution in [2.75, 3.05) is 0 Å². The SMILES string of the molecule is CCCCn1scc(Cl)c1=O. The van der Waals surface area contributed by atoms with Gasteiger partial charge in [0.2, 0.25) is 0 Å². The Morgan fingerprint density at radius 2 is 2.45 bits per heavy atom. The highest BCUT2D eigenvalue weighted by Gasteiger charge is 2.01. The van der Waals surface area contributed by atoms with E-state index >= 15 is 0 Å². The Morgan fingerprint density at radius 1 is 1.73 bits per heavy atom. The first-order valence-electron chi connectivity index (χ1n) is 3.60. The van der Waals surface area contributed by atoms with Crippen LogP contribution in [0.2, 0.25) is 5.02 Å². The second-order valence-corrected chi connectivity index (χ2v) is 3.63. The zero-order chi connectivity index (χ0) is 8.27. The van der Waals surface area contributed by atoms with E-state index in [1.807, 2.05) is 0 Å². The monoisotopic (exact) mass is 191 g/mol. The fraction of sp³-hybridized carbons (Fsp3) is 0.571. The maximum Gasteiger partial charge on any atom is 0.279 e. The van der Waals surface area contributed by atoms with Crippen LogP contribution in [0.25, 0.3) is 0 Å². The summed E-state index contributed by atoms with van der Waals surface area (Å²) in [5.74, 6) is 0. The minimum absolute atomic E-state index is 0.0508. The minimum Gasteiger partial charge on any atom is -0.267 e. The van der Waals surface area contributed by atoms with Gasteiger partial charge in [-0.15, -0.1) is 0 Å². The summed E-state index contributed by atoms with van der Waals surface area (Å²) < 4.78 is 1.69. The molecule has 0 aliphatic heterocycles. The zero-order valence-electron chi connectivity index (χ0n) is 6.34. The summed E-state index contributed by atoms with van der Waals surface area (Å²) in [5.41, 5.74) is -0.0508. The fourth-order valence-electron chi connectivity index (χ4n) is 0.783. The van der Waals surface area contributed by atoms with Crippen LogP contribution in [-0.2, 0) is 6.54 Å². The predicted molar refractivity (Wildman–Crippen MR) is 48.5 cm³/mol. The fourth-order valence-corrected chi connectivity index (χ4v) is 1.80. The third-order valence-corrected chi connectivity index (χ3v) is 2.77. The molecule has 1 heterocycles. The lowest BCUT2D eigenvalue weighted by molar-refractivity contribution is 0.658. The number of hydrogen-bond acceptors (Lipinski definition) is 2. The van der Waals surface area contributed by atoms with Crippen molar-refractivity contribution in [3.05, 3.63) is 20.8 Å². The van der Waals surface area contributed by atoms with E-state index in [1.165, 1.54) is 11.5 Å². The molecule has 2 nitrogen and oxygen atoms in total. The lowest BCUT2D eigenvalue weighted by Crippen LogP contribution is -2.12. The number of halogens is 1. The Balaban J connectivity index is 2.71. The first kappa shape index (κ1) is 8.81. The van der Waals surface area contributed by atoms with Crippen LogP contribution in [0.5, 0.6) is 0 Å². The van der Waals surface area contributed by atoms with Crippen molar-refractivity contribution >= 4 is 23.1 Å². The van der Waals surface area contributed by atoms with Crippen molar-refractivity contribution in [1.29, 1.82) is 0 Å². The Morgan fingerprint density at radius 3 is 2.91 bits per heavy atom. The van der Waals surface area contributed by atoms with Crippen LogP contribution < -0.4 is 5.56 Å². The van der Waals surface area contributed by atoms with Gasteiger partial charge in [-0.05, 0) is 6.42 Å². The average molecular weight is 192 g/mol. The molecule has 11 heavy (non-hydrogen) atoms. The molecule has 0 atom stereocenters. The Hall–Kier alpha value is -0.280. The molecule has 1 rings (SSSR count). The molecule has 0 radical (unpaired) electrons. The van der Waals surface area contributed by atoms with Gasteiger partial charge in [0.15, 0.2) is 0 Å². The molecule has 0 unspecified atom stereocenters. The molecular formula is C7H10ClNOS. The van der Waals surface area contributed by atoms with Crippen LogP contribution in [0, 0.1) is 0 Å². The van der Waals surface area contributed by atoms with Crippen LogP contribution >= 0.6 is 23.1 Å². The third-order valence-electron chi connectivity index (χ3n) is 1.43. The lowest BCUT2D eigenvalue weighted by Gasteiger charge is -1.95. The van der Waals surface area contributed by atoms with Gasteiger partial charge in [0.05, 0.1) is 0 Å². The van der Waals surface area contributed by atoms with Gasteiger partial charge in [-0.1, -0.05) is 36.5 Å². The summed E-state index contributed by atoms with van der Waals surface area (Å²) in [5, 5.41) is 2.02. The first-order chi connectivity index (χ1) is 5.25. The summed E-state index contributed by atoms with van der Waals surface area (Å²) in [6.45, 7) is 2.90. The number of aromatic nitrogens is 1. The Bertz CT molecular complexity index is 278. The summed E-state index contributed by atoms with van der Waals surface area (Å²) in [7, 11) is 0. The van der Waals surface area contributed by atoms with Gasteiger partial charge in [0.1, 0.15) is 5.02 Å². The summed E-state index contributed by atoms with van der Waals surface area (Å²) in [4.78, 5) is 11.1. The highest BCUT2D eigenvalue weighted by Crippen LogP contribution is 2.07. The van der Waals surface area contributed by atoms with Crippen molar-refractivity contribution < 1.29 is 0 Å². The van der Waals surface area contributed by atoms with E-state index in [0.717, 1.165) is 19.4 Å². The largest absolute Gasteiger partial charge is 0.279 e. The van der Waals surface area contributed by atoms with Crippen LogP contribution in [0.4, 0.5) is 0 Å². The normalized spacial score (nSPS) is 10.4. The van der Waals surface area contributed by atoms with E-state index in [-0.39, 0.29) is 5.56 Å². The number of hydrogen-bond donors (Lipinski definition) is 0. The number of unbranched alkanes of at least 4 members (excludes halogenated alkanes) is 1. The van der Waals surface area contributed by atoms with E-state index in [4.69, 9.17) is 11.6 Å². The molecule has 0 aromatic carbocycles. The number of nitrogens with zero attached hydrogens (tertiary/aromatic N) is 1. The van der Waals surface area contributed by atoms with Gasteiger partial charge in [0.25, 0.3) is 5.56 Å². The number of rotatable bonds is 3. The van der Waals surface area contributed by atoms with E-state index in [2.05, 4.69) is 6.92 Å². The van der Waals surface area contributed by atoms with Gasteiger partial charge in [-0.3, -0.25) is 8.75 Å². The van der Waals surface area contributed by atoms with E-state index in [9.17, 15) is 4.79 Å². The standard InChI is InChI=1S/C7H10ClNOS/c1-2-3-4-9-7(10)6(8)5-11-9/h5H,2-4H2,1H3. The summed E-state index contributed by atoms with van der Waals surface area (Å²) in [6.07, 6.45) is 2.14. The average Bonchev–Trinajstić information content (AvgIpc) is 2.31. The summed E-state index contributed by atoms with van der Waals surface area (Å²) in [6, 6.07) is 0. The van der Waals surface area contributed by atoms with Crippen molar-refractivity contribution in [2.24, 2.45) is 0 Å². The van der Waals surface area contributed by atoms with Gasteiger partial charge >= 0.3 is 0 Å². The molecular weight excluding hydrogens is 182 g/mol. The van der Waals surface area contributed by atoms with Crippen LogP contribution in [0.15, 0.2) is 10.2 Å². The predicted octanol–water partition coefficient (Wildman–Crippen LogP) is 2.36. The van der Waals surface area contributed by atoms with Crippen LogP contribution in [0.1, 0.15) is 19.8 Å². The molecule has 0 amide bonds. The molecule has 0 saturated carbocycles. The van der Waals surface area contributed by atoms with Crippen molar-refractivity contribution in [1.82, 2.24) is 3.96 Å². The van der Waals surface area contributed by atoms with Gasteiger partial charge in [0, 0.05) is 11.9 Å². The molecule has 0 spiro atoms. The maximum absolute atomic E-state index is 11.1. The Kier molecular flexibility index (Phi) is 3.15. The zero-order valence-corrected chi connectivity index (χ0v) is 7.91. The van der Waals surface area contributed by atoms with E-state index in [0.29, 0.717) is 5.02 Å². The van der Waals surface area contributed by atoms with Crippen LogP contribution in [-0.4, -0.2) is 3.96 Å². The lowest BCUT2D eigenvalue weighted by atomic mass is 10.3. The topological polar surface area (TPSA) is 22.0 Å². The second-order valence-electron chi connectivity index (χ2n) is 2.33. The molecule has 0 N–H and O–H groups in total.